The van der Waals surface area contributed by atoms with Crippen molar-refractivity contribution in [1.29, 1.82) is 0 Å². The third kappa shape index (κ3) is 2.95. The van der Waals surface area contributed by atoms with Gasteiger partial charge in [-0.25, -0.2) is 0 Å². The normalized spacial score (nSPS) is 11.4. The second-order valence-corrected chi connectivity index (χ2v) is 8.05. The Hall–Kier alpha value is -2.57. The molecule has 0 unspecified atom stereocenters. The maximum atomic E-state index is 4.51. The first-order valence-electron chi connectivity index (χ1n) is 8.58. The van der Waals surface area contributed by atoms with Crippen molar-refractivity contribution in [1.82, 2.24) is 19.2 Å². The highest BCUT2D eigenvalue weighted by Gasteiger charge is 2.17. The quantitative estimate of drug-likeness (QED) is 0.339. The Labute approximate surface area is 169 Å². The van der Waals surface area contributed by atoms with Crippen molar-refractivity contribution in [3.8, 4) is 5.69 Å². The molecule has 2 heterocycles. The smallest absolute Gasteiger partial charge is 0.241 e. The molecule has 0 bridgehead atoms. The topological polar surface area (TPSA) is 35.1 Å². The van der Waals surface area contributed by atoms with Crippen LogP contribution >= 0.6 is 27.7 Å². The van der Waals surface area contributed by atoms with Gasteiger partial charge in [-0.1, -0.05) is 70.2 Å². The first-order valence-corrected chi connectivity index (χ1v) is 10.4. The second-order valence-electron chi connectivity index (χ2n) is 6.19. The van der Waals surface area contributed by atoms with Crippen LogP contribution in [-0.4, -0.2) is 19.2 Å². The molecule has 2 aromatic heterocycles. The van der Waals surface area contributed by atoms with Gasteiger partial charge in [0.05, 0.1) is 11.0 Å². The van der Waals surface area contributed by atoms with Crippen molar-refractivity contribution >= 4 is 44.5 Å². The summed E-state index contributed by atoms with van der Waals surface area (Å²) in [5, 5.41) is 9.88. The lowest BCUT2D eigenvalue weighted by Gasteiger charge is -2.03. The molecule has 0 N–H and O–H groups in total. The Kier molecular flexibility index (Phi) is 4.22. The summed E-state index contributed by atoms with van der Waals surface area (Å²) in [5.74, 6) is 1.68. The fraction of sp³-hybridized carbons (Fsp3) is 0.0476. The third-order valence-electron chi connectivity index (χ3n) is 4.48. The van der Waals surface area contributed by atoms with Crippen LogP contribution in [0.4, 0.5) is 0 Å². The number of aromatic nitrogens is 4. The fourth-order valence-electron chi connectivity index (χ4n) is 3.22. The molecule has 4 nitrogen and oxygen atoms in total. The molecule has 0 fully saturated rings. The molecule has 0 radical (unpaired) electrons. The zero-order chi connectivity index (χ0) is 18.2. The number of imidazole rings is 1. The molecular formula is C21H15BrN4S. The van der Waals surface area contributed by atoms with E-state index in [9.17, 15) is 0 Å². The lowest BCUT2D eigenvalue weighted by molar-refractivity contribution is 0.940. The first-order chi connectivity index (χ1) is 13.3. The Morgan fingerprint density at radius 2 is 1.48 bits per heavy atom. The van der Waals surface area contributed by atoms with E-state index in [1.165, 1.54) is 5.56 Å². The van der Waals surface area contributed by atoms with Crippen molar-refractivity contribution in [2.24, 2.45) is 0 Å². The van der Waals surface area contributed by atoms with Gasteiger partial charge in [-0.2, -0.15) is 0 Å². The highest BCUT2D eigenvalue weighted by Crippen LogP contribution is 2.30. The van der Waals surface area contributed by atoms with Crippen molar-refractivity contribution in [2.75, 3.05) is 0 Å². The van der Waals surface area contributed by atoms with E-state index in [-0.39, 0.29) is 0 Å². The maximum Gasteiger partial charge on any atom is 0.241 e. The maximum absolute atomic E-state index is 4.51. The molecule has 0 aliphatic carbocycles. The van der Waals surface area contributed by atoms with E-state index < -0.39 is 0 Å². The van der Waals surface area contributed by atoms with E-state index in [0.717, 1.165) is 37.9 Å². The molecule has 6 heteroatoms. The van der Waals surface area contributed by atoms with Crippen LogP contribution in [0.3, 0.4) is 0 Å². The largest absolute Gasteiger partial charge is 0.277 e. The summed E-state index contributed by atoms with van der Waals surface area (Å²) >= 11 is 5.18. The van der Waals surface area contributed by atoms with Crippen molar-refractivity contribution in [3.63, 3.8) is 0 Å². The molecule has 0 aliphatic heterocycles. The van der Waals surface area contributed by atoms with Crippen LogP contribution in [0.1, 0.15) is 5.56 Å². The van der Waals surface area contributed by atoms with Crippen LogP contribution in [0.15, 0.2) is 88.5 Å². The van der Waals surface area contributed by atoms with Crippen molar-refractivity contribution in [3.05, 3.63) is 88.9 Å². The molecular weight excluding hydrogens is 420 g/mol. The number of benzene rings is 3. The van der Waals surface area contributed by atoms with Gasteiger partial charge in [-0.3, -0.25) is 8.97 Å². The molecule has 0 aliphatic rings. The summed E-state index contributed by atoms with van der Waals surface area (Å²) in [6.07, 6.45) is 0. The highest BCUT2D eigenvalue weighted by molar-refractivity contribution is 9.10. The molecule has 132 valence electrons. The van der Waals surface area contributed by atoms with E-state index in [1.54, 1.807) is 11.8 Å². The molecule has 5 rings (SSSR count). The number of halogens is 1. The van der Waals surface area contributed by atoms with Crippen molar-refractivity contribution in [2.45, 2.75) is 10.9 Å². The lowest BCUT2D eigenvalue weighted by atomic mass is 10.2. The molecule has 0 saturated heterocycles. The van der Waals surface area contributed by atoms with Gasteiger partial charge in [0.2, 0.25) is 5.78 Å². The Bertz CT molecular complexity index is 1230. The third-order valence-corrected chi connectivity index (χ3v) is 6.00. The predicted octanol–water partition coefficient (Wildman–Crippen LogP) is 5.73. The number of hydrogen-bond acceptors (Lipinski definition) is 3. The van der Waals surface area contributed by atoms with Gasteiger partial charge < -0.3 is 0 Å². The van der Waals surface area contributed by atoms with E-state index in [2.05, 4.69) is 95.8 Å². The van der Waals surface area contributed by atoms with Gasteiger partial charge in [-0.15, -0.1) is 10.2 Å². The second kappa shape index (κ2) is 6.87. The van der Waals surface area contributed by atoms with Crippen LogP contribution in [0.5, 0.6) is 0 Å². The minimum absolute atomic E-state index is 0.834. The van der Waals surface area contributed by atoms with Crippen LogP contribution < -0.4 is 0 Å². The van der Waals surface area contributed by atoms with Gasteiger partial charge in [0, 0.05) is 15.9 Å². The standard InChI is InChI=1S/C21H15BrN4S/c22-16-12-10-15(11-13-16)14-27-21-24-23-20-25(17-6-2-1-3-7-17)18-8-4-5-9-19(18)26(20)21/h1-13H,14H2. The first kappa shape index (κ1) is 16.6. The molecule has 27 heavy (non-hydrogen) atoms. The van der Waals surface area contributed by atoms with E-state index >= 15 is 0 Å². The summed E-state index contributed by atoms with van der Waals surface area (Å²) < 4.78 is 5.39. The van der Waals surface area contributed by atoms with E-state index in [0.29, 0.717) is 0 Å². The van der Waals surface area contributed by atoms with E-state index in [1.807, 2.05) is 18.2 Å². The molecule has 0 amide bonds. The average Bonchev–Trinajstić information content (AvgIpc) is 3.26. The molecule has 0 saturated carbocycles. The van der Waals surface area contributed by atoms with E-state index in [4.69, 9.17) is 0 Å². The van der Waals surface area contributed by atoms with Crippen LogP contribution in [0, 0.1) is 0 Å². The number of thioether (sulfide) groups is 1. The number of nitrogens with zero attached hydrogens (tertiary/aromatic N) is 4. The summed E-state index contributed by atoms with van der Waals surface area (Å²) in [7, 11) is 0. The predicted molar refractivity (Wildman–Crippen MR) is 114 cm³/mol. The Morgan fingerprint density at radius 1 is 0.778 bits per heavy atom. The Balaban J connectivity index is 1.62. The number of hydrogen-bond donors (Lipinski definition) is 0. The SMILES string of the molecule is Brc1ccc(CSc2nnc3n(-c4ccccc4)c4ccccc4n23)cc1. The van der Waals surface area contributed by atoms with Gasteiger partial charge in [0.15, 0.2) is 5.16 Å². The Morgan fingerprint density at radius 3 is 2.26 bits per heavy atom. The summed E-state index contributed by atoms with van der Waals surface area (Å²) in [5.41, 5.74) is 4.58. The summed E-state index contributed by atoms with van der Waals surface area (Å²) in [4.78, 5) is 0. The van der Waals surface area contributed by atoms with Crippen LogP contribution in [-0.2, 0) is 5.75 Å². The van der Waals surface area contributed by atoms with Gasteiger partial charge in [-0.05, 0) is 42.0 Å². The summed E-state index contributed by atoms with van der Waals surface area (Å²) in [6, 6.07) is 27.0. The number of fused-ring (bicyclic) bond motifs is 3. The van der Waals surface area contributed by atoms with Crippen LogP contribution in [0.2, 0.25) is 0 Å². The molecule has 0 atom stereocenters. The zero-order valence-corrected chi connectivity index (χ0v) is 16.7. The molecule has 0 spiro atoms. The van der Waals surface area contributed by atoms with Gasteiger partial charge >= 0.3 is 0 Å². The van der Waals surface area contributed by atoms with Gasteiger partial charge in [0.1, 0.15) is 0 Å². The van der Waals surface area contributed by atoms with Crippen LogP contribution in [0.25, 0.3) is 22.5 Å². The van der Waals surface area contributed by atoms with Gasteiger partial charge in [0.25, 0.3) is 0 Å². The number of para-hydroxylation sites is 3. The minimum Gasteiger partial charge on any atom is -0.277 e. The molecule has 3 aromatic carbocycles. The zero-order valence-electron chi connectivity index (χ0n) is 14.3. The summed E-state index contributed by atoms with van der Waals surface area (Å²) in [6.45, 7) is 0. The monoisotopic (exact) mass is 434 g/mol. The number of rotatable bonds is 4. The lowest BCUT2D eigenvalue weighted by Crippen LogP contribution is -1.94. The van der Waals surface area contributed by atoms with Crippen molar-refractivity contribution < 1.29 is 0 Å². The fourth-order valence-corrected chi connectivity index (χ4v) is 4.38. The minimum atomic E-state index is 0.834. The average molecular weight is 435 g/mol. The highest BCUT2D eigenvalue weighted by atomic mass is 79.9. The molecule has 5 aromatic rings.